The summed E-state index contributed by atoms with van der Waals surface area (Å²) >= 11 is 6.27. The van der Waals surface area contributed by atoms with E-state index < -0.39 is 0 Å². The van der Waals surface area contributed by atoms with Crippen molar-refractivity contribution in [1.82, 2.24) is 0 Å². The second-order valence-corrected chi connectivity index (χ2v) is 5.21. The molecule has 3 nitrogen and oxygen atoms in total. The molecule has 0 radical (unpaired) electrons. The van der Waals surface area contributed by atoms with E-state index in [1.165, 1.54) is 0 Å². The Morgan fingerprint density at radius 3 is 2.57 bits per heavy atom. The van der Waals surface area contributed by atoms with Crippen LogP contribution in [0.4, 0.5) is 5.69 Å². The van der Waals surface area contributed by atoms with Crippen LogP contribution in [-0.4, -0.2) is 14.2 Å². The van der Waals surface area contributed by atoms with Crippen molar-refractivity contribution < 1.29 is 4.74 Å². The SMILES string of the molecule is COc1ccc(C#N)c(N(C)C(C)c2ccccc2Cl)c1. The molecule has 21 heavy (non-hydrogen) atoms. The topological polar surface area (TPSA) is 36.3 Å². The van der Waals surface area contributed by atoms with Crippen LogP contribution in [0, 0.1) is 11.3 Å². The standard InChI is InChI=1S/C17H17ClN2O/c1-12(15-6-4-5-7-16(15)18)20(2)17-10-14(21-3)9-8-13(17)11-19/h4-10,12H,1-3H3. The van der Waals surface area contributed by atoms with Crippen molar-refractivity contribution in [2.75, 3.05) is 19.1 Å². The molecule has 2 aromatic rings. The summed E-state index contributed by atoms with van der Waals surface area (Å²) in [5.74, 6) is 0.724. The lowest BCUT2D eigenvalue weighted by molar-refractivity contribution is 0.414. The van der Waals surface area contributed by atoms with Gasteiger partial charge in [0.25, 0.3) is 0 Å². The van der Waals surface area contributed by atoms with Crippen molar-refractivity contribution in [3.05, 3.63) is 58.6 Å². The second-order valence-electron chi connectivity index (χ2n) is 4.80. The molecular weight excluding hydrogens is 284 g/mol. The van der Waals surface area contributed by atoms with Crippen LogP contribution >= 0.6 is 11.6 Å². The van der Waals surface area contributed by atoms with E-state index in [9.17, 15) is 5.26 Å². The summed E-state index contributed by atoms with van der Waals surface area (Å²) in [7, 11) is 3.56. The van der Waals surface area contributed by atoms with Gasteiger partial charge in [0.1, 0.15) is 11.8 Å². The molecule has 0 N–H and O–H groups in total. The predicted octanol–water partition coefficient (Wildman–Crippen LogP) is 4.42. The number of rotatable bonds is 4. The van der Waals surface area contributed by atoms with Crippen molar-refractivity contribution in [3.63, 3.8) is 0 Å². The fourth-order valence-corrected chi connectivity index (χ4v) is 2.55. The summed E-state index contributed by atoms with van der Waals surface area (Å²) in [6, 6.07) is 15.4. The molecule has 0 aliphatic carbocycles. The number of anilines is 1. The first-order valence-electron chi connectivity index (χ1n) is 6.64. The first kappa shape index (κ1) is 15.2. The number of methoxy groups -OCH3 is 1. The molecule has 0 saturated heterocycles. The maximum atomic E-state index is 9.29. The Balaban J connectivity index is 2.42. The summed E-state index contributed by atoms with van der Waals surface area (Å²) in [6.07, 6.45) is 0. The molecule has 0 saturated carbocycles. The average Bonchev–Trinajstić information content (AvgIpc) is 2.53. The van der Waals surface area contributed by atoms with Gasteiger partial charge in [-0.25, -0.2) is 0 Å². The summed E-state index contributed by atoms with van der Waals surface area (Å²) in [5.41, 5.74) is 2.45. The monoisotopic (exact) mass is 300 g/mol. The maximum Gasteiger partial charge on any atom is 0.121 e. The highest BCUT2D eigenvalue weighted by atomic mass is 35.5. The van der Waals surface area contributed by atoms with Crippen LogP contribution in [0.25, 0.3) is 0 Å². The Labute approximate surface area is 130 Å². The molecule has 0 aliphatic rings. The summed E-state index contributed by atoms with van der Waals surface area (Å²) in [5, 5.41) is 10.0. The fourth-order valence-electron chi connectivity index (χ4n) is 2.26. The molecule has 0 heterocycles. The van der Waals surface area contributed by atoms with Crippen LogP contribution in [0.1, 0.15) is 24.1 Å². The normalized spacial score (nSPS) is 11.6. The molecular formula is C17H17ClN2O. The zero-order chi connectivity index (χ0) is 15.4. The first-order valence-corrected chi connectivity index (χ1v) is 7.01. The number of ether oxygens (including phenoxy) is 1. The number of nitriles is 1. The predicted molar refractivity (Wildman–Crippen MR) is 86.0 cm³/mol. The van der Waals surface area contributed by atoms with E-state index in [1.807, 2.05) is 42.3 Å². The largest absolute Gasteiger partial charge is 0.497 e. The minimum absolute atomic E-state index is 0.0397. The van der Waals surface area contributed by atoms with Gasteiger partial charge in [-0.3, -0.25) is 0 Å². The molecule has 1 unspecified atom stereocenters. The van der Waals surface area contributed by atoms with Crippen LogP contribution in [0.5, 0.6) is 5.75 Å². The van der Waals surface area contributed by atoms with Gasteiger partial charge < -0.3 is 9.64 Å². The number of nitrogens with zero attached hydrogens (tertiary/aromatic N) is 2. The van der Waals surface area contributed by atoms with Crippen molar-refractivity contribution in [3.8, 4) is 11.8 Å². The molecule has 0 aromatic heterocycles. The Morgan fingerprint density at radius 2 is 1.95 bits per heavy atom. The third-order valence-electron chi connectivity index (χ3n) is 3.64. The van der Waals surface area contributed by atoms with Gasteiger partial charge in [0.2, 0.25) is 0 Å². The fraction of sp³-hybridized carbons (Fsp3) is 0.235. The smallest absolute Gasteiger partial charge is 0.121 e. The lowest BCUT2D eigenvalue weighted by Gasteiger charge is -2.29. The van der Waals surface area contributed by atoms with Crippen molar-refractivity contribution in [2.24, 2.45) is 0 Å². The van der Waals surface area contributed by atoms with Gasteiger partial charge in [-0.2, -0.15) is 5.26 Å². The number of halogens is 1. The van der Waals surface area contributed by atoms with Crippen LogP contribution in [0.2, 0.25) is 5.02 Å². The van der Waals surface area contributed by atoms with E-state index in [-0.39, 0.29) is 6.04 Å². The van der Waals surface area contributed by atoms with Gasteiger partial charge in [0.05, 0.1) is 24.4 Å². The lowest BCUT2D eigenvalue weighted by Crippen LogP contribution is -2.22. The molecule has 0 aliphatic heterocycles. The summed E-state index contributed by atoms with van der Waals surface area (Å²) in [4.78, 5) is 2.03. The Bertz CT molecular complexity index is 679. The summed E-state index contributed by atoms with van der Waals surface area (Å²) in [6.45, 7) is 2.06. The number of benzene rings is 2. The minimum atomic E-state index is 0.0397. The highest BCUT2D eigenvalue weighted by Gasteiger charge is 2.18. The molecule has 0 bridgehead atoms. The van der Waals surface area contributed by atoms with E-state index in [0.29, 0.717) is 5.56 Å². The van der Waals surface area contributed by atoms with Crippen molar-refractivity contribution in [2.45, 2.75) is 13.0 Å². The van der Waals surface area contributed by atoms with Crippen LogP contribution < -0.4 is 9.64 Å². The van der Waals surface area contributed by atoms with Gasteiger partial charge in [-0.1, -0.05) is 29.8 Å². The minimum Gasteiger partial charge on any atom is -0.497 e. The van der Waals surface area contributed by atoms with Gasteiger partial charge in [-0.15, -0.1) is 0 Å². The van der Waals surface area contributed by atoms with Gasteiger partial charge >= 0.3 is 0 Å². The first-order chi connectivity index (χ1) is 10.1. The zero-order valence-corrected chi connectivity index (χ0v) is 13.1. The molecule has 2 aromatic carbocycles. The maximum absolute atomic E-state index is 9.29. The second kappa shape index (κ2) is 6.51. The van der Waals surface area contributed by atoms with Crippen molar-refractivity contribution in [1.29, 1.82) is 5.26 Å². The van der Waals surface area contributed by atoms with Gasteiger partial charge in [-0.05, 0) is 30.7 Å². The Hall–Kier alpha value is -2.18. The highest BCUT2D eigenvalue weighted by molar-refractivity contribution is 6.31. The third kappa shape index (κ3) is 3.12. The third-order valence-corrected chi connectivity index (χ3v) is 3.99. The molecule has 2 rings (SSSR count). The molecule has 0 amide bonds. The van der Waals surface area contributed by atoms with Crippen molar-refractivity contribution >= 4 is 17.3 Å². The van der Waals surface area contributed by atoms with E-state index >= 15 is 0 Å². The quantitative estimate of drug-likeness (QED) is 0.838. The lowest BCUT2D eigenvalue weighted by atomic mass is 10.1. The molecule has 108 valence electrons. The van der Waals surface area contributed by atoms with Gasteiger partial charge in [0, 0.05) is 18.1 Å². The number of hydrogen-bond acceptors (Lipinski definition) is 3. The number of hydrogen-bond donors (Lipinski definition) is 0. The van der Waals surface area contributed by atoms with Crippen LogP contribution in [-0.2, 0) is 0 Å². The van der Waals surface area contributed by atoms with Crippen LogP contribution in [0.15, 0.2) is 42.5 Å². The molecule has 4 heteroatoms. The van der Waals surface area contributed by atoms with E-state index in [1.54, 1.807) is 19.2 Å². The zero-order valence-electron chi connectivity index (χ0n) is 12.3. The Morgan fingerprint density at radius 1 is 1.24 bits per heavy atom. The Kier molecular flexibility index (Phi) is 4.72. The van der Waals surface area contributed by atoms with Gasteiger partial charge in [0.15, 0.2) is 0 Å². The van der Waals surface area contributed by atoms with E-state index in [4.69, 9.17) is 16.3 Å². The molecule has 0 spiro atoms. The van der Waals surface area contributed by atoms with Crippen LogP contribution in [0.3, 0.4) is 0 Å². The molecule has 0 fully saturated rings. The summed E-state index contributed by atoms with van der Waals surface area (Å²) < 4.78 is 5.25. The van der Waals surface area contributed by atoms with E-state index in [0.717, 1.165) is 22.0 Å². The highest BCUT2D eigenvalue weighted by Crippen LogP contribution is 2.33. The molecule has 1 atom stereocenters. The van der Waals surface area contributed by atoms with E-state index in [2.05, 4.69) is 13.0 Å². The average molecular weight is 301 g/mol.